The second kappa shape index (κ2) is 14.8. The van der Waals surface area contributed by atoms with Crippen LogP contribution in [0.15, 0.2) is 47.3 Å². The third-order valence-electron chi connectivity index (χ3n) is 10.8. The van der Waals surface area contributed by atoms with E-state index in [0.29, 0.717) is 35.7 Å². The zero-order valence-electron chi connectivity index (χ0n) is 31.3. The molecule has 12 nitrogen and oxygen atoms in total. The van der Waals surface area contributed by atoms with E-state index in [0.717, 1.165) is 68.8 Å². The van der Waals surface area contributed by atoms with Crippen LogP contribution in [-0.2, 0) is 34.5 Å². The van der Waals surface area contributed by atoms with Crippen LogP contribution < -0.4 is 10.4 Å². The van der Waals surface area contributed by atoms with Crippen molar-refractivity contribution in [1.29, 1.82) is 0 Å². The number of imide groups is 1. The highest BCUT2D eigenvalue weighted by molar-refractivity contribution is 6.00. The number of piperazine rings is 1. The number of methoxy groups -OCH3 is 1. The molecule has 2 aromatic carbocycles. The number of hydrogen-bond acceptors (Lipinski definition) is 8. The van der Waals surface area contributed by atoms with Gasteiger partial charge in [-0.05, 0) is 95.2 Å². The van der Waals surface area contributed by atoms with Gasteiger partial charge in [-0.1, -0.05) is 18.2 Å². The summed E-state index contributed by atoms with van der Waals surface area (Å²) in [5.74, 6) is 0.674. The number of ether oxygens (including phenoxy) is 2. The van der Waals surface area contributed by atoms with E-state index in [1.54, 1.807) is 35.4 Å². The summed E-state index contributed by atoms with van der Waals surface area (Å²) in [6.07, 6.45) is 2.25. The average molecular weight is 703 g/mol. The number of carbonyl (C=O) groups is 3. The maximum Gasteiger partial charge on any atom is 0.410 e. The molecule has 276 valence electrons. The highest BCUT2D eigenvalue weighted by Gasteiger charge is 2.38. The molecule has 1 aromatic heterocycles. The minimum Gasteiger partial charge on any atom is -0.497 e. The number of imidazole rings is 1. The van der Waals surface area contributed by atoms with Gasteiger partial charge in [0.15, 0.2) is 0 Å². The Morgan fingerprint density at radius 1 is 0.863 bits per heavy atom. The molecule has 3 amide bonds. The van der Waals surface area contributed by atoms with Crippen molar-refractivity contribution in [2.75, 3.05) is 39.8 Å². The Hall–Kier alpha value is -4.16. The van der Waals surface area contributed by atoms with Crippen LogP contribution in [0.4, 0.5) is 4.79 Å². The maximum atomic E-state index is 13.8. The first-order valence-electron chi connectivity index (χ1n) is 18.4. The van der Waals surface area contributed by atoms with Crippen molar-refractivity contribution in [3.8, 4) is 5.75 Å². The first-order chi connectivity index (χ1) is 24.2. The molecule has 51 heavy (non-hydrogen) atoms. The van der Waals surface area contributed by atoms with Gasteiger partial charge < -0.3 is 14.4 Å². The Kier molecular flexibility index (Phi) is 10.6. The molecule has 3 atom stereocenters. The van der Waals surface area contributed by atoms with Crippen LogP contribution in [0.2, 0.25) is 0 Å². The van der Waals surface area contributed by atoms with Crippen molar-refractivity contribution in [2.45, 2.75) is 97.1 Å². The van der Waals surface area contributed by atoms with E-state index in [4.69, 9.17) is 9.47 Å². The number of benzene rings is 2. The fraction of sp³-hybridized carbons (Fsp3) is 0.590. The van der Waals surface area contributed by atoms with Crippen LogP contribution in [-0.4, -0.2) is 104 Å². The normalized spacial score (nSPS) is 22.9. The van der Waals surface area contributed by atoms with Crippen LogP contribution in [0.3, 0.4) is 0 Å². The number of aromatic nitrogens is 2. The summed E-state index contributed by atoms with van der Waals surface area (Å²) in [4.78, 5) is 61.1. The summed E-state index contributed by atoms with van der Waals surface area (Å²) in [7, 11) is 3.34. The first kappa shape index (κ1) is 36.6. The summed E-state index contributed by atoms with van der Waals surface area (Å²) >= 11 is 0. The lowest BCUT2D eigenvalue weighted by Gasteiger charge is -2.46. The van der Waals surface area contributed by atoms with Gasteiger partial charge in [-0.2, -0.15) is 0 Å². The molecule has 0 saturated carbocycles. The van der Waals surface area contributed by atoms with Crippen LogP contribution in [0, 0.1) is 5.92 Å². The topological polar surface area (TPSA) is 110 Å². The molecule has 3 aromatic rings. The number of amides is 3. The number of fused-ring (bicyclic) bond motifs is 1. The Morgan fingerprint density at radius 2 is 1.51 bits per heavy atom. The molecule has 4 heterocycles. The van der Waals surface area contributed by atoms with Gasteiger partial charge in [0.2, 0.25) is 5.91 Å². The molecule has 0 N–H and O–H groups in total. The summed E-state index contributed by atoms with van der Waals surface area (Å²) in [6.45, 7) is 15.6. The van der Waals surface area contributed by atoms with Gasteiger partial charge in [-0.25, -0.2) is 9.59 Å². The van der Waals surface area contributed by atoms with E-state index in [1.807, 2.05) is 43.9 Å². The highest BCUT2D eigenvalue weighted by Crippen LogP contribution is 2.30. The highest BCUT2D eigenvalue weighted by atomic mass is 16.6. The SMILES string of the molecule is COc1ccc(CN2C(=O)CCC(n3c(=O)n(C)c4cc(CN5C[C@H](C)N(CC6CCN(C(=O)OC(C)(C)C)CC6)[C@@H](C)C5)ccc43)C2=O)cc1. The molecule has 3 fully saturated rings. The Labute approximate surface area is 300 Å². The molecule has 3 aliphatic rings. The van der Waals surface area contributed by atoms with E-state index in [9.17, 15) is 19.2 Å². The monoisotopic (exact) mass is 702 g/mol. The third kappa shape index (κ3) is 8.02. The predicted molar refractivity (Wildman–Crippen MR) is 195 cm³/mol. The molecule has 6 rings (SSSR count). The third-order valence-corrected chi connectivity index (χ3v) is 10.8. The summed E-state index contributed by atoms with van der Waals surface area (Å²) in [5, 5.41) is 0. The lowest BCUT2D eigenvalue weighted by molar-refractivity contribution is -0.151. The Bertz CT molecular complexity index is 1790. The lowest BCUT2D eigenvalue weighted by Crippen LogP contribution is -2.57. The van der Waals surface area contributed by atoms with E-state index < -0.39 is 11.6 Å². The largest absolute Gasteiger partial charge is 0.497 e. The summed E-state index contributed by atoms with van der Waals surface area (Å²) in [6, 6.07) is 13.4. The van der Waals surface area contributed by atoms with Gasteiger partial charge in [-0.15, -0.1) is 0 Å². The molecular formula is C39H54N6O6. The fourth-order valence-corrected chi connectivity index (χ4v) is 8.09. The minimum absolute atomic E-state index is 0.152. The standard InChI is InChI=1S/C39H54N6O6/c1-26-21-41(22-27(2)43(26)24-29-16-18-42(19-17-29)38(49)51-39(3,4)5)23-30-10-13-32-34(20-30)40(6)37(48)45(32)33-14-15-35(46)44(36(33)47)25-28-8-11-31(50-7)12-9-28/h8-13,20,26-27,29,33H,14-19,21-25H2,1-7H3/t26-,27-,33?/m0/s1. The number of rotatable bonds is 8. The number of piperidine rings is 2. The zero-order chi connectivity index (χ0) is 36.6. The van der Waals surface area contributed by atoms with E-state index in [2.05, 4.69) is 35.8 Å². The fourth-order valence-electron chi connectivity index (χ4n) is 8.09. The second-order valence-electron chi connectivity index (χ2n) is 15.8. The molecule has 3 aliphatic heterocycles. The van der Waals surface area contributed by atoms with E-state index >= 15 is 0 Å². The van der Waals surface area contributed by atoms with Gasteiger partial charge in [-0.3, -0.25) is 33.4 Å². The number of aryl methyl sites for hydroxylation is 1. The lowest BCUT2D eigenvalue weighted by atomic mass is 9.94. The zero-order valence-corrected chi connectivity index (χ0v) is 31.3. The van der Waals surface area contributed by atoms with Gasteiger partial charge in [0.25, 0.3) is 5.91 Å². The molecule has 0 aliphatic carbocycles. The Balaban J connectivity index is 1.09. The summed E-state index contributed by atoms with van der Waals surface area (Å²) < 4.78 is 14.0. The van der Waals surface area contributed by atoms with E-state index in [1.165, 1.54) is 4.90 Å². The van der Waals surface area contributed by atoms with Crippen molar-refractivity contribution >= 4 is 28.9 Å². The second-order valence-corrected chi connectivity index (χ2v) is 15.8. The summed E-state index contributed by atoms with van der Waals surface area (Å²) in [5.41, 5.74) is 2.68. The van der Waals surface area contributed by atoms with Crippen molar-refractivity contribution < 1.29 is 23.9 Å². The van der Waals surface area contributed by atoms with Gasteiger partial charge in [0, 0.05) is 64.8 Å². The van der Waals surface area contributed by atoms with Gasteiger partial charge in [0.1, 0.15) is 17.4 Å². The van der Waals surface area contributed by atoms with Crippen molar-refractivity contribution in [1.82, 2.24) is 28.7 Å². The average Bonchev–Trinajstić information content (AvgIpc) is 3.33. The van der Waals surface area contributed by atoms with Crippen LogP contribution in [0.25, 0.3) is 11.0 Å². The van der Waals surface area contributed by atoms with E-state index in [-0.39, 0.29) is 36.6 Å². The molecule has 1 unspecified atom stereocenters. The number of likely N-dealkylation sites (tertiary alicyclic amines) is 2. The smallest absolute Gasteiger partial charge is 0.410 e. The van der Waals surface area contributed by atoms with Crippen LogP contribution in [0.1, 0.15) is 77.5 Å². The van der Waals surface area contributed by atoms with Crippen molar-refractivity contribution in [3.63, 3.8) is 0 Å². The van der Waals surface area contributed by atoms with Crippen LogP contribution >= 0.6 is 0 Å². The number of carbonyl (C=O) groups excluding carboxylic acids is 3. The van der Waals surface area contributed by atoms with Crippen LogP contribution in [0.5, 0.6) is 5.75 Å². The molecule has 3 saturated heterocycles. The number of hydrogen-bond donors (Lipinski definition) is 0. The predicted octanol–water partition coefficient (Wildman–Crippen LogP) is 4.78. The molecule has 0 radical (unpaired) electrons. The maximum absolute atomic E-state index is 13.8. The number of nitrogens with zero attached hydrogens (tertiary/aromatic N) is 6. The molecule has 0 bridgehead atoms. The van der Waals surface area contributed by atoms with Gasteiger partial charge in [0.05, 0.1) is 24.7 Å². The van der Waals surface area contributed by atoms with Gasteiger partial charge >= 0.3 is 11.8 Å². The van der Waals surface area contributed by atoms with Crippen molar-refractivity contribution in [3.05, 3.63) is 64.1 Å². The molecule has 12 heteroatoms. The Morgan fingerprint density at radius 3 is 2.14 bits per heavy atom. The molecular weight excluding hydrogens is 648 g/mol. The molecule has 0 spiro atoms. The minimum atomic E-state index is -0.748. The van der Waals surface area contributed by atoms with Crippen molar-refractivity contribution in [2.24, 2.45) is 13.0 Å². The quantitative estimate of drug-likeness (QED) is 0.309. The first-order valence-corrected chi connectivity index (χ1v) is 18.4.